The minimum Gasteiger partial charge on any atom is -0.377 e. The minimum absolute atomic E-state index is 0.553. The molecule has 5 heteroatoms. The number of aryl methyl sites for hydroxylation is 1. The third kappa shape index (κ3) is 2.66. The molecule has 0 unspecified atom stereocenters. The van der Waals surface area contributed by atoms with Gasteiger partial charge < -0.3 is 5.32 Å². The van der Waals surface area contributed by atoms with Crippen LogP contribution in [0, 0.1) is 0 Å². The van der Waals surface area contributed by atoms with Crippen LogP contribution in [-0.2, 0) is 13.6 Å². The highest BCUT2D eigenvalue weighted by molar-refractivity contribution is 5.77. The number of hydrogen-bond acceptors (Lipinski definition) is 4. The molecule has 1 N–H and O–H groups in total. The summed E-state index contributed by atoms with van der Waals surface area (Å²) in [6.45, 7) is 0.553. The summed E-state index contributed by atoms with van der Waals surface area (Å²) < 4.78 is 0. The summed E-state index contributed by atoms with van der Waals surface area (Å²) in [5.41, 5.74) is 3.41. The average Bonchev–Trinajstić information content (AvgIpc) is 2.92. The molecule has 0 fully saturated rings. The molecule has 0 atom stereocenters. The van der Waals surface area contributed by atoms with Crippen molar-refractivity contribution in [1.82, 2.24) is 20.2 Å². The van der Waals surface area contributed by atoms with Crippen molar-refractivity contribution in [3.05, 3.63) is 60.4 Å². The van der Waals surface area contributed by atoms with Crippen LogP contribution in [0.3, 0.4) is 0 Å². The van der Waals surface area contributed by atoms with Crippen LogP contribution in [0.1, 0.15) is 5.82 Å². The van der Waals surface area contributed by atoms with E-state index in [0.29, 0.717) is 12.4 Å². The van der Waals surface area contributed by atoms with Gasteiger partial charge >= 0.3 is 0 Å². The number of nitrogens with zero attached hydrogens (tertiary/aromatic N) is 4. The van der Waals surface area contributed by atoms with E-state index in [1.54, 1.807) is 7.05 Å². The standard InChI is InChI=1S/C15H15N5/c1-20-18-15(17-19-20)11-16-14-10-6-5-9-13(14)12-7-3-2-4-8-12/h2-10,16H,11H2,1H3. The number of aromatic nitrogens is 4. The number of hydrogen-bond donors (Lipinski definition) is 1. The molecule has 0 spiro atoms. The van der Waals surface area contributed by atoms with E-state index in [2.05, 4.69) is 45.0 Å². The van der Waals surface area contributed by atoms with Crippen LogP contribution in [0.4, 0.5) is 5.69 Å². The molecule has 0 saturated carbocycles. The van der Waals surface area contributed by atoms with E-state index in [0.717, 1.165) is 11.3 Å². The quantitative estimate of drug-likeness (QED) is 0.787. The van der Waals surface area contributed by atoms with Gasteiger partial charge in [0, 0.05) is 11.3 Å². The summed E-state index contributed by atoms with van der Waals surface area (Å²) in [7, 11) is 1.76. The van der Waals surface area contributed by atoms with Crippen LogP contribution in [0.5, 0.6) is 0 Å². The molecule has 0 radical (unpaired) electrons. The summed E-state index contributed by atoms with van der Waals surface area (Å²) in [6, 6.07) is 18.5. The number of para-hydroxylation sites is 1. The number of anilines is 1. The Labute approximate surface area is 117 Å². The van der Waals surface area contributed by atoms with Gasteiger partial charge in [-0.25, -0.2) is 0 Å². The molecule has 0 aliphatic heterocycles. The van der Waals surface area contributed by atoms with Gasteiger partial charge in [-0.1, -0.05) is 48.5 Å². The van der Waals surface area contributed by atoms with E-state index in [9.17, 15) is 0 Å². The van der Waals surface area contributed by atoms with Gasteiger partial charge in [-0.15, -0.1) is 10.2 Å². The van der Waals surface area contributed by atoms with Gasteiger partial charge in [-0.2, -0.15) is 4.80 Å². The van der Waals surface area contributed by atoms with Gasteiger partial charge in [0.15, 0.2) is 5.82 Å². The van der Waals surface area contributed by atoms with Gasteiger partial charge in [-0.05, 0) is 16.8 Å². The van der Waals surface area contributed by atoms with Crippen LogP contribution in [-0.4, -0.2) is 20.2 Å². The molecule has 0 amide bonds. The molecule has 2 aromatic carbocycles. The topological polar surface area (TPSA) is 55.6 Å². The zero-order valence-electron chi connectivity index (χ0n) is 11.2. The number of tetrazole rings is 1. The molecule has 0 saturated heterocycles. The Kier molecular flexibility index (Phi) is 3.41. The summed E-state index contributed by atoms with van der Waals surface area (Å²) in [4.78, 5) is 1.46. The van der Waals surface area contributed by atoms with Crippen LogP contribution < -0.4 is 5.32 Å². The fourth-order valence-electron chi connectivity index (χ4n) is 2.08. The van der Waals surface area contributed by atoms with E-state index >= 15 is 0 Å². The molecule has 0 aliphatic rings. The highest BCUT2D eigenvalue weighted by Crippen LogP contribution is 2.27. The highest BCUT2D eigenvalue weighted by Gasteiger charge is 2.05. The smallest absolute Gasteiger partial charge is 0.193 e. The van der Waals surface area contributed by atoms with Crippen molar-refractivity contribution in [2.75, 3.05) is 5.32 Å². The first kappa shape index (κ1) is 12.3. The van der Waals surface area contributed by atoms with E-state index < -0.39 is 0 Å². The normalized spacial score (nSPS) is 10.4. The van der Waals surface area contributed by atoms with Gasteiger partial charge in [0.2, 0.25) is 0 Å². The predicted molar refractivity (Wildman–Crippen MR) is 78.0 cm³/mol. The molecule has 3 rings (SSSR count). The highest BCUT2D eigenvalue weighted by atomic mass is 15.6. The molecular weight excluding hydrogens is 250 g/mol. The molecule has 1 aromatic heterocycles. The Balaban J connectivity index is 1.83. The van der Waals surface area contributed by atoms with Crippen molar-refractivity contribution in [3.8, 4) is 11.1 Å². The zero-order valence-corrected chi connectivity index (χ0v) is 11.2. The lowest BCUT2D eigenvalue weighted by Gasteiger charge is -2.10. The maximum Gasteiger partial charge on any atom is 0.193 e. The summed E-state index contributed by atoms with van der Waals surface area (Å²) >= 11 is 0. The maximum absolute atomic E-state index is 4.16. The van der Waals surface area contributed by atoms with Crippen molar-refractivity contribution in [1.29, 1.82) is 0 Å². The third-order valence-corrected chi connectivity index (χ3v) is 3.00. The van der Waals surface area contributed by atoms with Gasteiger partial charge in [0.05, 0.1) is 13.6 Å². The Morgan fingerprint density at radius 3 is 2.50 bits per heavy atom. The van der Waals surface area contributed by atoms with Crippen LogP contribution >= 0.6 is 0 Å². The lowest BCUT2D eigenvalue weighted by molar-refractivity contribution is 0.628. The second kappa shape index (κ2) is 5.52. The van der Waals surface area contributed by atoms with E-state index in [1.165, 1.54) is 10.4 Å². The van der Waals surface area contributed by atoms with Crippen molar-refractivity contribution >= 4 is 5.69 Å². The third-order valence-electron chi connectivity index (χ3n) is 3.00. The first-order valence-corrected chi connectivity index (χ1v) is 6.44. The van der Waals surface area contributed by atoms with E-state index in [-0.39, 0.29) is 0 Å². The van der Waals surface area contributed by atoms with Gasteiger partial charge in [0.1, 0.15) is 0 Å². The van der Waals surface area contributed by atoms with Crippen molar-refractivity contribution in [2.45, 2.75) is 6.54 Å². The fraction of sp³-hybridized carbons (Fsp3) is 0.133. The minimum atomic E-state index is 0.553. The first-order valence-electron chi connectivity index (χ1n) is 6.44. The summed E-state index contributed by atoms with van der Waals surface area (Å²) in [6.07, 6.45) is 0. The van der Waals surface area contributed by atoms with Crippen molar-refractivity contribution in [3.63, 3.8) is 0 Å². The lowest BCUT2D eigenvalue weighted by Crippen LogP contribution is -2.03. The molecule has 100 valence electrons. The number of nitrogens with one attached hydrogen (secondary N) is 1. The molecule has 0 aliphatic carbocycles. The van der Waals surface area contributed by atoms with Crippen LogP contribution in [0.25, 0.3) is 11.1 Å². The van der Waals surface area contributed by atoms with Gasteiger partial charge in [-0.3, -0.25) is 0 Å². The van der Waals surface area contributed by atoms with Crippen LogP contribution in [0.15, 0.2) is 54.6 Å². The summed E-state index contributed by atoms with van der Waals surface area (Å²) in [5.74, 6) is 0.676. The van der Waals surface area contributed by atoms with E-state index in [4.69, 9.17) is 0 Å². The second-order valence-corrected chi connectivity index (χ2v) is 4.46. The SMILES string of the molecule is Cn1nnc(CNc2ccccc2-c2ccccc2)n1. The summed E-state index contributed by atoms with van der Waals surface area (Å²) in [5, 5.41) is 15.3. The fourth-order valence-corrected chi connectivity index (χ4v) is 2.08. The molecule has 1 heterocycles. The Morgan fingerprint density at radius 2 is 1.75 bits per heavy atom. The largest absolute Gasteiger partial charge is 0.377 e. The molecule has 5 nitrogen and oxygen atoms in total. The number of benzene rings is 2. The molecule has 0 bridgehead atoms. The average molecular weight is 265 g/mol. The van der Waals surface area contributed by atoms with Crippen molar-refractivity contribution < 1.29 is 0 Å². The van der Waals surface area contributed by atoms with Crippen molar-refractivity contribution in [2.24, 2.45) is 7.05 Å². The first-order chi connectivity index (χ1) is 9.83. The Morgan fingerprint density at radius 1 is 1.00 bits per heavy atom. The molecular formula is C15H15N5. The second-order valence-electron chi connectivity index (χ2n) is 4.46. The van der Waals surface area contributed by atoms with E-state index in [1.807, 2.05) is 30.3 Å². The Hall–Kier alpha value is -2.69. The molecule has 3 aromatic rings. The molecule has 20 heavy (non-hydrogen) atoms. The number of rotatable bonds is 4. The zero-order chi connectivity index (χ0) is 13.8. The maximum atomic E-state index is 4.16. The monoisotopic (exact) mass is 265 g/mol. The Bertz CT molecular complexity index is 690. The lowest BCUT2D eigenvalue weighted by atomic mass is 10.0. The van der Waals surface area contributed by atoms with Gasteiger partial charge in [0.25, 0.3) is 0 Å². The predicted octanol–water partition coefficient (Wildman–Crippen LogP) is 2.49. The van der Waals surface area contributed by atoms with Crippen LogP contribution in [0.2, 0.25) is 0 Å².